The van der Waals surface area contributed by atoms with E-state index in [0.29, 0.717) is 12.3 Å². The molecule has 1 aliphatic heterocycles. The Bertz CT molecular complexity index is 936. The SMILES string of the molecule is Cc1ccc2c(C)c(C(=O)N3CCCn4nc(C)cc4C3)oc2c1. The fourth-order valence-corrected chi connectivity index (χ4v) is 3.46. The molecule has 4 rings (SSSR count). The molecule has 3 heterocycles. The zero-order valence-electron chi connectivity index (χ0n) is 14.3. The first-order valence-corrected chi connectivity index (χ1v) is 8.35. The summed E-state index contributed by atoms with van der Waals surface area (Å²) >= 11 is 0. The van der Waals surface area contributed by atoms with Crippen molar-refractivity contribution in [3.8, 4) is 0 Å². The van der Waals surface area contributed by atoms with Crippen LogP contribution in [0.4, 0.5) is 0 Å². The number of hydrogen-bond acceptors (Lipinski definition) is 3. The largest absolute Gasteiger partial charge is 0.451 e. The molecule has 0 aliphatic carbocycles. The second-order valence-corrected chi connectivity index (χ2v) is 6.64. The molecule has 5 nitrogen and oxygen atoms in total. The van der Waals surface area contributed by atoms with Crippen molar-refractivity contribution < 1.29 is 9.21 Å². The highest BCUT2D eigenvalue weighted by atomic mass is 16.3. The van der Waals surface area contributed by atoms with Crippen LogP contribution in [0.15, 0.2) is 28.7 Å². The average Bonchev–Trinajstić information content (AvgIpc) is 2.98. The zero-order chi connectivity index (χ0) is 16.8. The van der Waals surface area contributed by atoms with Gasteiger partial charge in [0, 0.05) is 24.0 Å². The van der Waals surface area contributed by atoms with Gasteiger partial charge in [0.1, 0.15) is 5.58 Å². The minimum atomic E-state index is -0.0337. The van der Waals surface area contributed by atoms with Crippen LogP contribution in [0.1, 0.15) is 39.5 Å². The van der Waals surface area contributed by atoms with Gasteiger partial charge in [-0.15, -0.1) is 0 Å². The van der Waals surface area contributed by atoms with Gasteiger partial charge in [-0.25, -0.2) is 0 Å². The van der Waals surface area contributed by atoms with Crippen molar-refractivity contribution in [2.45, 2.75) is 40.3 Å². The number of nitrogens with zero attached hydrogens (tertiary/aromatic N) is 3. The normalized spacial score (nSPS) is 14.7. The Kier molecular flexibility index (Phi) is 3.44. The number of furan rings is 1. The number of rotatable bonds is 1. The summed E-state index contributed by atoms with van der Waals surface area (Å²) in [6.07, 6.45) is 0.901. The number of aryl methyl sites for hydroxylation is 4. The van der Waals surface area contributed by atoms with E-state index in [1.807, 2.05) is 48.6 Å². The van der Waals surface area contributed by atoms with Crippen LogP contribution < -0.4 is 0 Å². The Morgan fingerprint density at radius 3 is 2.83 bits per heavy atom. The lowest BCUT2D eigenvalue weighted by Crippen LogP contribution is -2.30. The third-order valence-electron chi connectivity index (χ3n) is 4.71. The van der Waals surface area contributed by atoms with Gasteiger partial charge in [0.05, 0.1) is 17.9 Å². The van der Waals surface area contributed by atoms with E-state index in [4.69, 9.17) is 4.42 Å². The molecule has 0 radical (unpaired) electrons. The molecule has 124 valence electrons. The molecule has 2 aromatic heterocycles. The molecule has 1 aromatic carbocycles. The summed E-state index contributed by atoms with van der Waals surface area (Å²) in [5, 5.41) is 5.51. The Labute approximate surface area is 140 Å². The molecule has 0 bridgehead atoms. The van der Waals surface area contributed by atoms with Gasteiger partial charge < -0.3 is 9.32 Å². The van der Waals surface area contributed by atoms with Crippen LogP contribution in [-0.2, 0) is 13.1 Å². The predicted molar refractivity (Wildman–Crippen MR) is 92.0 cm³/mol. The third kappa shape index (κ3) is 2.40. The van der Waals surface area contributed by atoms with E-state index in [0.717, 1.165) is 53.0 Å². The Balaban J connectivity index is 1.69. The Morgan fingerprint density at radius 1 is 1.17 bits per heavy atom. The second kappa shape index (κ2) is 5.51. The molecule has 3 aromatic rings. The van der Waals surface area contributed by atoms with Gasteiger partial charge >= 0.3 is 0 Å². The predicted octanol–water partition coefficient (Wildman–Crippen LogP) is 3.60. The summed E-state index contributed by atoms with van der Waals surface area (Å²) < 4.78 is 7.93. The molecule has 5 heteroatoms. The van der Waals surface area contributed by atoms with Crippen molar-refractivity contribution >= 4 is 16.9 Å². The number of carbonyl (C=O) groups is 1. The van der Waals surface area contributed by atoms with Gasteiger partial charge in [-0.3, -0.25) is 9.48 Å². The lowest BCUT2D eigenvalue weighted by molar-refractivity contribution is 0.0715. The van der Waals surface area contributed by atoms with Crippen LogP contribution in [0.5, 0.6) is 0 Å². The molecule has 0 saturated carbocycles. The smallest absolute Gasteiger partial charge is 0.290 e. The molecule has 1 amide bonds. The van der Waals surface area contributed by atoms with Crippen molar-refractivity contribution in [2.75, 3.05) is 6.54 Å². The van der Waals surface area contributed by atoms with Gasteiger partial charge in [-0.2, -0.15) is 5.10 Å². The van der Waals surface area contributed by atoms with Crippen LogP contribution >= 0.6 is 0 Å². The van der Waals surface area contributed by atoms with Crippen molar-refractivity contribution in [3.05, 3.63) is 52.5 Å². The molecule has 0 saturated heterocycles. The van der Waals surface area contributed by atoms with Crippen LogP contribution in [0, 0.1) is 20.8 Å². The summed E-state index contributed by atoms with van der Waals surface area (Å²) in [5.41, 5.74) is 4.91. The maximum atomic E-state index is 13.0. The first-order chi connectivity index (χ1) is 11.5. The van der Waals surface area contributed by atoms with Gasteiger partial charge in [-0.1, -0.05) is 12.1 Å². The van der Waals surface area contributed by atoms with Crippen molar-refractivity contribution in [1.82, 2.24) is 14.7 Å². The van der Waals surface area contributed by atoms with Crippen molar-refractivity contribution in [2.24, 2.45) is 0 Å². The number of benzene rings is 1. The van der Waals surface area contributed by atoms with Crippen LogP contribution in [0.25, 0.3) is 11.0 Å². The number of aromatic nitrogens is 2. The molecule has 0 unspecified atom stereocenters. The minimum absolute atomic E-state index is 0.0337. The average molecular weight is 323 g/mol. The lowest BCUT2D eigenvalue weighted by Gasteiger charge is -2.19. The second-order valence-electron chi connectivity index (χ2n) is 6.64. The highest BCUT2D eigenvalue weighted by molar-refractivity contribution is 5.99. The molecule has 0 fully saturated rings. The monoisotopic (exact) mass is 323 g/mol. The molecule has 0 atom stereocenters. The molecule has 1 aliphatic rings. The van der Waals surface area contributed by atoms with E-state index in [1.54, 1.807) is 0 Å². The van der Waals surface area contributed by atoms with E-state index < -0.39 is 0 Å². The van der Waals surface area contributed by atoms with Crippen molar-refractivity contribution in [3.63, 3.8) is 0 Å². The van der Waals surface area contributed by atoms with E-state index >= 15 is 0 Å². The maximum absolute atomic E-state index is 13.0. The van der Waals surface area contributed by atoms with Crippen LogP contribution in [-0.4, -0.2) is 27.1 Å². The maximum Gasteiger partial charge on any atom is 0.290 e. The number of carbonyl (C=O) groups excluding carboxylic acids is 1. The topological polar surface area (TPSA) is 51.3 Å². The Morgan fingerprint density at radius 2 is 2.00 bits per heavy atom. The van der Waals surface area contributed by atoms with Gasteiger partial charge in [0.2, 0.25) is 0 Å². The third-order valence-corrected chi connectivity index (χ3v) is 4.71. The van der Waals surface area contributed by atoms with Crippen LogP contribution in [0.2, 0.25) is 0 Å². The Hall–Kier alpha value is -2.56. The van der Waals surface area contributed by atoms with Gasteiger partial charge in [0.25, 0.3) is 5.91 Å². The highest BCUT2D eigenvalue weighted by Crippen LogP contribution is 2.28. The summed E-state index contributed by atoms with van der Waals surface area (Å²) in [4.78, 5) is 14.9. The van der Waals surface area contributed by atoms with E-state index in [1.165, 1.54) is 0 Å². The van der Waals surface area contributed by atoms with Gasteiger partial charge in [-0.05, 0) is 44.9 Å². The number of hydrogen-bond donors (Lipinski definition) is 0. The van der Waals surface area contributed by atoms with E-state index in [-0.39, 0.29) is 5.91 Å². The summed E-state index contributed by atoms with van der Waals surface area (Å²) in [6, 6.07) is 8.12. The van der Waals surface area contributed by atoms with Crippen LogP contribution in [0.3, 0.4) is 0 Å². The van der Waals surface area contributed by atoms with E-state index in [2.05, 4.69) is 11.2 Å². The lowest BCUT2D eigenvalue weighted by atomic mass is 10.1. The molecule has 0 spiro atoms. The van der Waals surface area contributed by atoms with Gasteiger partial charge in [0.15, 0.2) is 5.76 Å². The minimum Gasteiger partial charge on any atom is -0.451 e. The summed E-state index contributed by atoms with van der Waals surface area (Å²) in [6.45, 7) is 8.12. The first-order valence-electron chi connectivity index (χ1n) is 8.35. The first kappa shape index (κ1) is 15.0. The summed E-state index contributed by atoms with van der Waals surface area (Å²) in [5.74, 6) is 0.425. The molecular formula is C19H21N3O2. The molecule has 24 heavy (non-hydrogen) atoms. The number of amides is 1. The van der Waals surface area contributed by atoms with E-state index in [9.17, 15) is 4.79 Å². The highest BCUT2D eigenvalue weighted by Gasteiger charge is 2.26. The zero-order valence-corrected chi connectivity index (χ0v) is 14.3. The standard InChI is InChI=1S/C19H21N3O2/c1-12-5-6-16-14(3)18(24-17(16)9-12)19(23)21-7-4-8-22-15(11-21)10-13(2)20-22/h5-6,9-10H,4,7-8,11H2,1-3H3. The molecule has 0 N–H and O–H groups in total. The molecular weight excluding hydrogens is 302 g/mol. The van der Waals surface area contributed by atoms with Crippen molar-refractivity contribution in [1.29, 1.82) is 0 Å². The fourth-order valence-electron chi connectivity index (χ4n) is 3.46. The number of fused-ring (bicyclic) bond motifs is 2. The summed E-state index contributed by atoms with van der Waals surface area (Å²) in [7, 11) is 0. The quantitative estimate of drug-likeness (QED) is 0.687. The fraction of sp³-hybridized carbons (Fsp3) is 0.368.